The van der Waals surface area contributed by atoms with Crippen molar-refractivity contribution in [2.45, 2.75) is 26.2 Å². The first-order valence-corrected chi connectivity index (χ1v) is 6.09. The van der Waals surface area contributed by atoms with Crippen LogP contribution in [-0.2, 0) is 5.41 Å². The molecular formula is C12H14ClN5O. The summed E-state index contributed by atoms with van der Waals surface area (Å²) in [5.41, 5.74) is 1.06. The van der Waals surface area contributed by atoms with Crippen LogP contribution in [0.4, 0.5) is 5.82 Å². The van der Waals surface area contributed by atoms with Gasteiger partial charge in [-0.2, -0.15) is 5.10 Å². The highest BCUT2D eigenvalue weighted by atomic mass is 35.5. The van der Waals surface area contributed by atoms with Gasteiger partial charge in [0.05, 0.1) is 12.4 Å². The number of H-pyrrole nitrogens is 1. The number of hydrogen-bond donors (Lipinski definition) is 2. The van der Waals surface area contributed by atoms with Crippen molar-refractivity contribution in [1.29, 1.82) is 0 Å². The molecule has 0 aromatic carbocycles. The second-order valence-corrected chi connectivity index (χ2v) is 5.48. The lowest BCUT2D eigenvalue weighted by Crippen LogP contribution is -2.14. The first-order chi connectivity index (χ1) is 8.86. The SMILES string of the molecule is CC(C)(C)c1cc(NC(=O)c2cnc(Cl)cn2)n[nH]1. The van der Waals surface area contributed by atoms with E-state index in [1.807, 2.05) is 0 Å². The number of nitrogens with zero attached hydrogens (tertiary/aromatic N) is 3. The number of carbonyl (C=O) groups is 1. The summed E-state index contributed by atoms with van der Waals surface area (Å²) in [6, 6.07) is 1.79. The number of amides is 1. The second-order valence-electron chi connectivity index (χ2n) is 5.10. The van der Waals surface area contributed by atoms with Gasteiger partial charge in [-0.15, -0.1) is 0 Å². The molecule has 2 aromatic heterocycles. The number of nitrogens with one attached hydrogen (secondary N) is 2. The van der Waals surface area contributed by atoms with Gasteiger partial charge in [-0.1, -0.05) is 32.4 Å². The maximum atomic E-state index is 11.9. The second kappa shape index (κ2) is 4.97. The van der Waals surface area contributed by atoms with Crippen LogP contribution >= 0.6 is 11.6 Å². The van der Waals surface area contributed by atoms with Crippen LogP contribution in [0.5, 0.6) is 0 Å². The zero-order chi connectivity index (χ0) is 14.0. The topological polar surface area (TPSA) is 83.6 Å². The van der Waals surface area contributed by atoms with Crippen molar-refractivity contribution in [2.75, 3.05) is 5.32 Å². The molecule has 19 heavy (non-hydrogen) atoms. The molecule has 0 unspecified atom stereocenters. The molecule has 0 radical (unpaired) electrons. The van der Waals surface area contributed by atoms with E-state index in [2.05, 4.69) is 46.3 Å². The first-order valence-electron chi connectivity index (χ1n) is 5.71. The van der Waals surface area contributed by atoms with Gasteiger partial charge in [-0.25, -0.2) is 9.97 Å². The van der Waals surface area contributed by atoms with E-state index in [0.29, 0.717) is 5.82 Å². The zero-order valence-electron chi connectivity index (χ0n) is 10.9. The molecule has 1 amide bonds. The highest BCUT2D eigenvalue weighted by Crippen LogP contribution is 2.22. The molecule has 2 heterocycles. The fraction of sp³-hybridized carbons (Fsp3) is 0.333. The molecule has 0 aliphatic carbocycles. The lowest BCUT2D eigenvalue weighted by molar-refractivity contribution is 0.102. The normalized spacial score (nSPS) is 11.4. The van der Waals surface area contributed by atoms with Gasteiger partial charge in [-0.3, -0.25) is 9.89 Å². The van der Waals surface area contributed by atoms with Crippen molar-refractivity contribution >= 4 is 23.3 Å². The Labute approximate surface area is 115 Å². The summed E-state index contributed by atoms with van der Waals surface area (Å²) in [4.78, 5) is 19.6. The molecule has 0 saturated heterocycles. The summed E-state index contributed by atoms with van der Waals surface area (Å²) in [7, 11) is 0. The molecule has 0 spiro atoms. The lowest BCUT2D eigenvalue weighted by atomic mass is 9.92. The van der Waals surface area contributed by atoms with Crippen LogP contribution in [0, 0.1) is 0 Å². The molecule has 2 rings (SSSR count). The van der Waals surface area contributed by atoms with E-state index < -0.39 is 0 Å². The third-order valence-electron chi connectivity index (χ3n) is 2.48. The summed E-state index contributed by atoms with van der Waals surface area (Å²) >= 11 is 5.61. The molecule has 0 atom stereocenters. The zero-order valence-corrected chi connectivity index (χ0v) is 11.6. The summed E-state index contributed by atoms with van der Waals surface area (Å²) in [6.45, 7) is 6.16. The summed E-state index contributed by atoms with van der Waals surface area (Å²) in [5, 5.41) is 9.81. The molecule has 0 saturated carbocycles. The Bertz CT molecular complexity index is 585. The number of anilines is 1. The van der Waals surface area contributed by atoms with Gasteiger partial charge in [0.2, 0.25) is 0 Å². The van der Waals surface area contributed by atoms with Crippen molar-refractivity contribution in [3.8, 4) is 0 Å². The van der Waals surface area contributed by atoms with Crippen molar-refractivity contribution in [3.63, 3.8) is 0 Å². The van der Waals surface area contributed by atoms with Gasteiger partial charge in [0, 0.05) is 17.2 Å². The molecule has 0 fully saturated rings. The molecule has 0 aliphatic heterocycles. The van der Waals surface area contributed by atoms with E-state index in [0.717, 1.165) is 5.69 Å². The lowest BCUT2D eigenvalue weighted by Gasteiger charge is -2.14. The monoisotopic (exact) mass is 279 g/mol. The van der Waals surface area contributed by atoms with Crippen LogP contribution in [0.3, 0.4) is 0 Å². The fourth-order valence-corrected chi connectivity index (χ4v) is 1.48. The van der Waals surface area contributed by atoms with Crippen LogP contribution in [0.15, 0.2) is 18.5 Å². The number of hydrogen-bond acceptors (Lipinski definition) is 4. The Morgan fingerprint density at radius 1 is 1.32 bits per heavy atom. The van der Waals surface area contributed by atoms with Crippen LogP contribution in [0.25, 0.3) is 0 Å². The van der Waals surface area contributed by atoms with Gasteiger partial charge in [0.1, 0.15) is 10.8 Å². The highest BCUT2D eigenvalue weighted by molar-refractivity contribution is 6.29. The highest BCUT2D eigenvalue weighted by Gasteiger charge is 2.18. The Kier molecular flexibility index (Phi) is 3.53. The van der Waals surface area contributed by atoms with Gasteiger partial charge in [0.15, 0.2) is 5.82 Å². The average Bonchev–Trinajstić information content (AvgIpc) is 2.78. The number of aromatic nitrogens is 4. The fourth-order valence-electron chi connectivity index (χ4n) is 1.38. The van der Waals surface area contributed by atoms with E-state index in [-0.39, 0.29) is 22.2 Å². The molecule has 7 heteroatoms. The number of carbonyl (C=O) groups excluding carboxylic acids is 1. The molecule has 6 nitrogen and oxygen atoms in total. The minimum atomic E-state index is -0.379. The van der Waals surface area contributed by atoms with Crippen molar-refractivity contribution in [3.05, 3.63) is 35.0 Å². The number of halogens is 1. The van der Waals surface area contributed by atoms with Gasteiger partial charge < -0.3 is 5.32 Å². The van der Waals surface area contributed by atoms with E-state index in [9.17, 15) is 4.79 Å². The molecule has 0 bridgehead atoms. The van der Waals surface area contributed by atoms with Crippen molar-refractivity contribution in [2.24, 2.45) is 0 Å². The summed E-state index contributed by atoms with van der Waals surface area (Å²) in [5.74, 6) is 0.0720. The third kappa shape index (κ3) is 3.29. The van der Waals surface area contributed by atoms with E-state index in [1.54, 1.807) is 6.07 Å². The smallest absolute Gasteiger partial charge is 0.277 e. The van der Waals surface area contributed by atoms with Crippen molar-refractivity contribution in [1.82, 2.24) is 20.2 Å². The molecule has 2 N–H and O–H groups in total. The van der Waals surface area contributed by atoms with Crippen LogP contribution in [-0.4, -0.2) is 26.1 Å². The number of rotatable bonds is 2. The van der Waals surface area contributed by atoms with Crippen LogP contribution in [0.1, 0.15) is 37.0 Å². The largest absolute Gasteiger partial charge is 0.304 e. The van der Waals surface area contributed by atoms with Crippen molar-refractivity contribution < 1.29 is 4.79 Å². The average molecular weight is 280 g/mol. The minimum Gasteiger partial charge on any atom is -0.304 e. The third-order valence-corrected chi connectivity index (χ3v) is 2.68. The maximum Gasteiger partial charge on any atom is 0.277 e. The minimum absolute atomic E-state index is 0.0595. The Hall–Kier alpha value is -1.95. The maximum absolute atomic E-state index is 11.9. The van der Waals surface area contributed by atoms with Crippen LogP contribution < -0.4 is 5.32 Å². The van der Waals surface area contributed by atoms with Gasteiger partial charge in [-0.05, 0) is 0 Å². The Morgan fingerprint density at radius 2 is 2.05 bits per heavy atom. The van der Waals surface area contributed by atoms with E-state index in [1.165, 1.54) is 12.4 Å². The number of aromatic amines is 1. The van der Waals surface area contributed by atoms with E-state index >= 15 is 0 Å². The van der Waals surface area contributed by atoms with Gasteiger partial charge in [0.25, 0.3) is 5.91 Å². The quantitative estimate of drug-likeness (QED) is 0.884. The summed E-state index contributed by atoms with van der Waals surface area (Å²) < 4.78 is 0. The standard InChI is InChI=1S/C12H14ClN5O/c1-12(2,3)8-4-10(18-17-8)16-11(19)7-5-15-9(13)6-14-7/h4-6H,1-3H3,(H2,16,17,18,19). The Morgan fingerprint density at radius 3 is 2.58 bits per heavy atom. The van der Waals surface area contributed by atoms with Crippen LogP contribution in [0.2, 0.25) is 5.15 Å². The predicted octanol–water partition coefficient (Wildman–Crippen LogP) is 2.40. The predicted molar refractivity (Wildman–Crippen MR) is 72.3 cm³/mol. The van der Waals surface area contributed by atoms with E-state index in [4.69, 9.17) is 11.6 Å². The molecule has 2 aromatic rings. The first kappa shape index (κ1) is 13.5. The molecule has 0 aliphatic rings. The Balaban J connectivity index is 2.11. The summed E-state index contributed by atoms with van der Waals surface area (Å²) in [6.07, 6.45) is 2.64. The molecular weight excluding hydrogens is 266 g/mol. The van der Waals surface area contributed by atoms with Gasteiger partial charge >= 0.3 is 0 Å². The molecule has 100 valence electrons.